The molecule has 0 aliphatic carbocycles. The molecule has 0 spiro atoms. The maximum Gasteiger partial charge on any atom is 0.417 e. The number of nitrogens with zero attached hydrogens (tertiary/aromatic N) is 2. The third kappa shape index (κ3) is 3.01. The molecule has 1 aliphatic rings. The van der Waals surface area contributed by atoms with E-state index >= 15 is 0 Å². The molecule has 1 saturated heterocycles. The molecule has 1 aromatic rings. The number of anilines is 1. The summed E-state index contributed by atoms with van der Waals surface area (Å²) in [5.41, 5.74) is -1.84. The van der Waals surface area contributed by atoms with Crippen molar-refractivity contribution in [2.75, 3.05) is 11.4 Å². The smallest absolute Gasteiger partial charge is 0.388 e. The summed E-state index contributed by atoms with van der Waals surface area (Å²) in [5.74, 6) is 0.296. The number of hydrogen-bond donors (Lipinski definition) is 1. The number of aromatic nitrogens is 1. The Morgan fingerprint density at radius 1 is 1.40 bits per heavy atom. The molecule has 0 radical (unpaired) electrons. The molecular formula is C13H16ClF3N2O. The first kappa shape index (κ1) is 15.4. The van der Waals surface area contributed by atoms with E-state index in [0.29, 0.717) is 12.4 Å². The summed E-state index contributed by atoms with van der Waals surface area (Å²) in [6.07, 6.45) is -2.09. The fourth-order valence-corrected chi connectivity index (χ4v) is 2.83. The van der Waals surface area contributed by atoms with Gasteiger partial charge in [-0.05, 0) is 32.8 Å². The van der Waals surface area contributed by atoms with Crippen molar-refractivity contribution in [3.05, 3.63) is 22.8 Å². The second kappa shape index (κ2) is 5.07. The Bertz CT molecular complexity index is 499. The van der Waals surface area contributed by atoms with Gasteiger partial charge in [0.25, 0.3) is 0 Å². The first-order valence-electron chi connectivity index (χ1n) is 6.32. The van der Waals surface area contributed by atoms with Crippen molar-refractivity contribution in [2.45, 2.75) is 44.5 Å². The Morgan fingerprint density at radius 2 is 2.05 bits per heavy atom. The summed E-state index contributed by atoms with van der Waals surface area (Å²) in [7, 11) is 0. The highest BCUT2D eigenvalue weighted by Crippen LogP contribution is 2.37. The Kier molecular flexibility index (Phi) is 3.90. The SMILES string of the molecule is CC(C)(O)C1CCCN1c1ncc(C(F)(F)F)cc1Cl. The lowest BCUT2D eigenvalue weighted by atomic mass is 9.96. The summed E-state index contributed by atoms with van der Waals surface area (Å²) >= 11 is 5.95. The molecule has 3 nitrogen and oxygen atoms in total. The van der Waals surface area contributed by atoms with E-state index in [0.717, 1.165) is 25.1 Å². The number of aliphatic hydroxyl groups is 1. The summed E-state index contributed by atoms with van der Waals surface area (Å²) in [6, 6.07) is 0.674. The van der Waals surface area contributed by atoms with Crippen molar-refractivity contribution in [1.29, 1.82) is 0 Å². The molecule has 0 amide bonds. The summed E-state index contributed by atoms with van der Waals surface area (Å²) < 4.78 is 37.8. The van der Waals surface area contributed by atoms with Crippen LogP contribution >= 0.6 is 11.6 Å². The number of alkyl halides is 3. The third-order valence-electron chi connectivity index (χ3n) is 3.49. The van der Waals surface area contributed by atoms with Crippen molar-refractivity contribution in [3.63, 3.8) is 0 Å². The van der Waals surface area contributed by atoms with Crippen LogP contribution in [0.5, 0.6) is 0 Å². The molecule has 1 atom stereocenters. The highest BCUT2D eigenvalue weighted by Gasteiger charge is 2.38. The highest BCUT2D eigenvalue weighted by atomic mass is 35.5. The van der Waals surface area contributed by atoms with Gasteiger partial charge in [0.1, 0.15) is 5.82 Å². The second-order valence-corrected chi connectivity index (χ2v) is 5.94. The molecule has 2 rings (SSSR count). The topological polar surface area (TPSA) is 36.4 Å². The lowest BCUT2D eigenvalue weighted by Crippen LogP contribution is -2.46. The zero-order chi connectivity index (χ0) is 15.1. The van der Waals surface area contributed by atoms with Gasteiger partial charge in [0, 0.05) is 12.7 Å². The van der Waals surface area contributed by atoms with Gasteiger partial charge in [-0.1, -0.05) is 11.6 Å². The van der Waals surface area contributed by atoms with Crippen LogP contribution in [0, 0.1) is 0 Å². The average molecular weight is 309 g/mol. The quantitative estimate of drug-likeness (QED) is 0.908. The van der Waals surface area contributed by atoms with Crippen molar-refractivity contribution < 1.29 is 18.3 Å². The van der Waals surface area contributed by atoms with Crippen LogP contribution in [0.3, 0.4) is 0 Å². The maximum absolute atomic E-state index is 12.6. The van der Waals surface area contributed by atoms with Crippen LogP contribution in [0.4, 0.5) is 19.0 Å². The maximum atomic E-state index is 12.6. The number of pyridine rings is 1. The van der Waals surface area contributed by atoms with Crippen LogP contribution in [0.25, 0.3) is 0 Å². The van der Waals surface area contributed by atoms with Crippen LogP contribution in [0.1, 0.15) is 32.3 Å². The Hall–Kier alpha value is -1.01. The van der Waals surface area contributed by atoms with Crippen LogP contribution in [-0.2, 0) is 6.18 Å². The Morgan fingerprint density at radius 3 is 2.55 bits per heavy atom. The summed E-state index contributed by atoms with van der Waals surface area (Å²) in [4.78, 5) is 5.63. The van der Waals surface area contributed by atoms with E-state index in [1.165, 1.54) is 0 Å². The molecule has 1 aliphatic heterocycles. The van der Waals surface area contributed by atoms with Gasteiger partial charge < -0.3 is 10.0 Å². The van der Waals surface area contributed by atoms with Crippen molar-refractivity contribution in [3.8, 4) is 0 Å². The second-order valence-electron chi connectivity index (χ2n) is 5.53. The molecule has 1 N–H and O–H groups in total. The fraction of sp³-hybridized carbons (Fsp3) is 0.615. The van der Waals surface area contributed by atoms with E-state index in [2.05, 4.69) is 4.98 Å². The standard InChI is InChI=1S/C13H16ClF3N2O/c1-12(2,20)10-4-3-5-19(10)11-9(14)6-8(7-18-11)13(15,16)17/h6-7,10,20H,3-5H2,1-2H3. The number of hydrogen-bond acceptors (Lipinski definition) is 3. The van der Waals surface area contributed by atoms with Gasteiger partial charge in [0.2, 0.25) is 0 Å². The summed E-state index contributed by atoms with van der Waals surface area (Å²) in [6.45, 7) is 3.97. The average Bonchev–Trinajstić information content (AvgIpc) is 2.75. The van der Waals surface area contributed by atoms with Gasteiger partial charge in [-0.3, -0.25) is 0 Å². The van der Waals surface area contributed by atoms with Gasteiger partial charge in [-0.15, -0.1) is 0 Å². The highest BCUT2D eigenvalue weighted by molar-refractivity contribution is 6.33. The minimum Gasteiger partial charge on any atom is -0.388 e. The van der Waals surface area contributed by atoms with E-state index in [1.807, 2.05) is 0 Å². The van der Waals surface area contributed by atoms with Crippen LogP contribution in [-0.4, -0.2) is 28.3 Å². The van der Waals surface area contributed by atoms with Gasteiger partial charge in [-0.25, -0.2) is 4.98 Å². The van der Waals surface area contributed by atoms with Crippen molar-refractivity contribution in [1.82, 2.24) is 4.98 Å². The van der Waals surface area contributed by atoms with Crippen molar-refractivity contribution >= 4 is 17.4 Å². The molecule has 2 heterocycles. The predicted octanol–water partition coefficient (Wildman–Crippen LogP) is 3.49. The monoisotopic (exact) mass is 308 g/mol. The molecule has 0 saturated carbocycles. The molecule has 1 unspecified atom stereocenters. The zero-order valence-electron chi connectivity index (χ0n) is 11.2. The first-order chi connectivity index (χ1) is 9.10. The van der Waals surface area contributed by atoms with Gasteiger partial charge in [0.15, 0.2) is 0 Å². The lowest BCUT2D eigenvalue weighted by Gasteiger charge is -2.35. The molecule has 20 heavy (non-hydrogen) atoms. The van der Waals surface area contributed by atoms with Gasteiger partial charge >= 0.3 is 6.18 Å². The minimum absolute atomic E-state index is 0.0454. The van der Waals surface area contributed by atoms with E-state index in [4.69, 9.17) is 11.6 Å². The molecule has 0 aromatic carbocycles. The minimum atomic E-state index is -4.46. The molecule has 0 bridgehead atoms. The van der Waals surface area contributed by atoms with Crippen LogP contribution in [0.2, 0.25) is 5.02 Å². The normalized spacial score (nSPS) is 20.6. The zero-order valence-corrected chi connectivity index (χ0v) is 12.0. The fourth-order valence-electron chi connectivity index (χ4n) is 2.55. The number of halogens is 4. The van der Waals surface area contributed by atoms with E-state index in [9.17, 15) is 18.3 Å². The van der Waals surface area contributed by atoms with E-state index < -0.39 is 17.3 Å². The first-order valence-corrected chi connectivity index (χ1v) is 6.70. The Balaban J connectivity index is 2.34. The van der Waals surface area contributed by atoms with Gasteiger partial charge in [-0.2, -0.15) is 13.2 Å². The van der Waals surface area contributed by atoms with Crippen LogP contribution < -0.4 is 4.90 Å². The molecular weight excluding hydrogens is 293 g/mol. The molecule has 112 valence electrons. The predicted molar refractivity (Wildman–Crippen MR) is 70.9 cm³/mol. The number of rotatable bonds is 2. The lowest BCUT2D eigenvalue weighted by molar-refractivity contribution is -0.137. The van der Waals surface area contributed by atoms with Crippen molar-refractivity contribution in [2.24, 2.45) is 0 Å². The Labute approximate surface area is 120 Å². The van der Waals surface area contributed by atoms with E-state index in [-0.39, 0.29) is 11.1 Å². The van der Waals surface area contributed by atoms with E-state index in [1.54, 1.807) is 18.7 Å². The molecule has 1 fully saturated rings. The summed E-state index contributed by atoms with van der Waals surface area (Å²) in [5, 5.41) is 10.1. The largest absolute Gasteiger partial charge is 0.417 e. The molecule has 1 aromatic heterocycles. The van der Waals surface area contributed by atoms with Gasteiger partial charge in [0.05, 0.1) is 22.2 Å². The molecule has 7 heteroatoms. The third-order valence-corrected chi connectivity index (χ3v) is 3.77. The van der Waals surface area contributed by atoms with Crippen LogP contribution in [0.15, 0.2) is 12.3 Å².